The molecule has 4 aromatic rings. The molecule has 4 heterocycles. The van der Waals surface area contributed by atoms with Gasteiger partial charge in [-0.2, -0.15) is 19.2 Å². The van der Waals surface area contributed by atoms with Gasteiger partial charge in [-0.25, -0.2) is 0 Å². The number of pyridine rings is 2. The predicted molar refractivity (Wildman–Crippen MR) is 98.6 cm³/mol. The lowest BCUT2D eigenvalue weighted by molar-refractivity contribution is -0.193. The van der Waals surface area contributed by atoms with Gasteiger partial charge in [0.05, 0.1) is 25.1 Å². The van der Waals surface area contributed by atoms with Gasteiger partial charge in [0.25, 0.3) is 0 Å². The third kappa shape index (κ3) is 8.70. The van der Waals surface area contributed by atoms with Gasteiger partial charge < -0.3 is 8.83 Å². The Labute approximate surface area is 165 Å². The Hall–Kier alpha value is -4.38. The van der Waals surface area contributed by atoms with Crippen LogP contribution in [0, 0.1) is 6.92 Å². The summed E-state index contributed by atoms with van der Waals surface area (Å²) in [6.07, 6.45) is 14.5. The van der Waals surface area contributed by atoms with Crippen LogP contribution in [0.25, 0.3) is 22.3 Å². The molecular formula is C21H16N2O6. The van der Waals surface area contributed by atoms with Crippen molar-refractivity contribution >= 4 is 12.3 Å². The molecule has 0 amide bonds. The summed E-state index contributed by atoms with van der Waals surface area (Å²) in [5.74, 6) is 0. The Bertz CT molecular complexity index is 989. The van der Waals surface area contributed by atoms with E-state index in [-0.39, 0.29) is 12.3 Å². The summed E-state index contributed by atoms with van der Waals surface area (Å²) in [6, 6.07) is 9.82. The van der Waals surface area contributed by atoms with Gasteiger partial charge in [0.2, 0.25) is 0 Å². The summed E-state index contributed by atoms with van der Waals surface area (Å²) in [4.78, 5) is 40.6. The Balaban J connectivity index is 0.000000230. The number of aromatic nitrogens is 2. The minimum absolute atomic E-state index is 0.250. The number of hydrogen-bond donors (Lipinski definition) is 0. The van der Waals surface area contributed by atoms with Crippen molar-refractivity contribution < 1.29 is 28.0 Å². The average molecular weight is 392 g/mol. The van der Waals surface area contributed by atoms with Crippen LogP contribution in [0.4, 0.5) is 0 Å². The maximum atomic E-state index is 8.12. The minimum Gasteiger partial charge on any atom is -0.472 e. The Morgan fingerprint density at radius 3 is 1.72 bits per heavy atom. The van der Waals surface area contributed by atoms with Crippen molar-refractivity contribution in [1.82, 2.24) is 9.97 Å². The first-order chi connectivity index (χ1) is 14.2. The summed E-state index contributed by atoms with van der Waals surface area (Å²) < 4.78 is 9.92. The van der Waals surface area contributed by atoms with Crippen LogP contribution in [-0.2, 0) is 19.2 Å². The van der Waals surface area contributed by atoms with Crippen LogP contribution in [0.5, 0.6) is 0 Å². The van der Waals surface area contributed by atoms with Crippen molar-refractivity contribution in [1.29, 1.82) is 0 Å². The highest BCUT2D eigenvalue weighted by Crippen LogP contribution is 2.19. The number of aryl methyl sites for hydroxylation is 1. The van der Waals surface area contributed by atoms with Crippen LogP contribution < -0.4 is 0 Å². The van der Waals surface area contributed by atoms with Gasteiger partial charge in [-0.3, -0.25) is 9.97 Å². The Kier molecular flexibility index (Phi) is 10.8. The third-order valence-electron chi connectivity index (χ3n) is 3.25. The predicted octanol–water partition coefficient (Wildman–Crippen LogP) is 3.82. The van der Waals surface area contributed by atoms with Crippen LogP contribution in [0.1, 0.15) is 5.56 Å². The molecular weight excluding hydrogens is 376 g/mol. The summed E-state index contributed by atoms with van der Waals surface area (Å²) in [7, 11) is 0. The normalized spacial score (nSPS) is 8.45. The number of furan rings is 2. The van der Waals surface area contributed by atoms with Crippen molar-refractivity contribution in [2.45, 2.75) is 6.92 Å². The maximum Gasteiger partial charge on any atom is 0.373 e. The van der Waals surface area contributed by atoms with E-state index in [0.717, 1.165) is 27.8 Å². The molecule has 0 atom stereocenters. The van der Waals surface area contributed by atoms with Crippen LogP contribution in [0.3, 0.4) is 0 Å². The highest BCUT2D eigenvalue weighted by atomic mass is 16.3. The first-order valence-electron chi connectivity index (χ1n) is 8.01. The van der Waals surface area contributed by atoms with E-state index in [1.165, 1.54) is 0 Å². The summed E-state index contributed by atoms with van der Waals surface area (Å²) in [6.45, 7) is 2.02. The van der Waals surface area contributed by atoms with Crippen molar-refractivity contribution in [3.05, 3.63) is 85.7 Å². The second kappa shape index (κ2) is 13.8. The lowest BCUT2D eigenvalue weighted by Gasteiger charge is -1.96. The second-order valence-corrected chi connectivity index (χ2v) is 5.18. The van der Waals surface area contributed by atoms with Gasteiger partial charge in [-0.15, -0.1) is 0 Å². The van der Waals surface area contributed by atoms with Crippen LogP contribution >= 0.6 is 0 Å². The van der Waals surface area contributed by atoms with E-state index >= 15 is 0 Å². The monoisotopic (exact) mass is 392 g/mol. The molecule has 8 heteroatoms. The zero-order valence-electron chi connectivity index (χ0n) is 15.3. The molecule has 0 bridgehead atoms. The highest BCUT2D eigenvalue weighted by molar-refractivity contribution is 5.61. The molecule has 0 aromatic carbocycles. The Morgan fingerprint density at radius 2 is 1.28 bits per heavy atom. The van der Waals surface area contributed by atoms with Gasteiger partial charge in [0.15, 0.2) is 0 Å². The second-order valence-electron chi connectivity index (χ2n) is 5.18. The summed E-state index contributed by atoms with van der Waals surface area (Å²) >= 11 is 0. The van der Waals surface area contributed by atoms with Crippen molar-refractivity contribution in [2.75, 3.05) is 0 Å². The van der Waals surface area contributed by atoms with Crippen molar-refractivity contribution in [3.8, 4) is 22.3 Å². The third-order valence-corrected chi connectivity index (χ3v) is 3.25. The molecule has 0 fully saturated rings. The van der Waals surface area contributed by atoms with Gasteiger partial charge in [-0.05, 0) is 36.8 Å². The molecule has 0 saturated carbocycles. The largest absolute Gasteiger partial charge is 0.472 e. The molecule has 146 valence electrons. The van der Waals surface area contributed by atoms with Crippen LogP contribution in [-0.4, -0.2) is 22.3 Å². The van der Waals surface area contributed by atoms with E-state index in [1.807, 2.05) is 49.8 Å². The van der Waals surface area contributed by atoms with E-state index in [1.54, 1.807) is 31.2 Å². The molecule has 0 unspecified atom stereocenters. The zero-order valence-corrected chi connectivity index (χ0v) is 15.3. The quantitative estimate of drug-likeness (QED) is 0.505. The van der Waals surface area contributed by atoms with E-state index in [4.69, 9.17) is 28.0 Å². The van der Waals surface area contributed by atoms with Gasteiger partial charge in [0.1, 0.15) is 0 Å². The Morgan fingerprint density at radius 1 is 0.724 bits per heavy atom. The topological polar surface area (TPSA) is 120 Å². The molecule has 0 saturated heterocycles. The smallest absolute Gasteiger partial charge is 0.373 e. The number of rotatable bonds is 2. The molecule has 8 nitrogen and oxygen atoms in total. The van der Waals surface area contributed by atoms with Gasteiger partial charge >= 0.3 is 12.3 Å². The molecule has 4 rings (SSSR count). The highest BCUT2D eigenvalue weighted by Gasteiger charge is 1.98. The summed E-state index contributed by atoms with van der Waals surface area (Å²) in [5, 5.41) is 0. The van der Waals surface area contributed by atoms with E-state index in [0.29, 0.717) is 0 Å². The number of hydrogen-bond acceptors (Lipinski definition) is 8. The van der Waals surface area contributed by atoms with Gasteiger partial charge in [0, 0.05) is 47.0 Å². The van der Waals surface area contributed by atoms with Gasteiger partial charge in [-0.1, -0.05) is 6.07 Å². The van der Waals surface area contributed by atoms with Crippen molar-refractivity contribution in [2.24, 2.45) is 0 Å². The fraction of sp³-hybridized carbons (Fsp3) is 0.0476. The molecule has 29 heavy (non-hydrogen) atoms. The first-order valence-corrected chi connectivity index (χ1v) is 8.01. The molecule has 0 aliphatic carbocycles. The first kappa shape index (κ1) is 22.7. The van der Waals surface area contributed by atoms with Crippen molar-refractivity contribution in [3.63, 3.8) is 0 Å². The fourth-order valence-corrected chi connectivity index (χ4v) is 2.10. The molecule has 0 radical (unpaired) electrons. The number of nitrogens with zero attached hydrogens (tertiary/aromatic N) is 2. The maximum absolute atomic E-state index is 8.12. The molecule has 0 spiro atoms. The standard InChI is InChI=1S/C10H9NO.C9H7NO.2CO2/c1-8-4-10(6-11-5-8)9-2-3-12-7-9;1-2-8(6-10-4-1)9-3-5-11-7-9;2*2-1-3/h2-7H,1H3;1-7H;;. The van der Waals surface area contributed by atoms with Crippen LogP contribution in [0.15, 0.2) is 89.0 Å². The van der Waals surface area contributed by atoms with E-state index in [9.17, 15) is 0 Å². The SMILES string of the molecule is Cc1cncc(-c2ccoc2)c1.O=C=O.O=C=O.c1cncc(-c2ccoc2)c1. The summed E-state index contributed by atoms with van der Waals surface area (Å²) in [5.41, 5.74) is 5.49. The lowest BCUT2D eigenvalue weighted by atomic mass is 10.1. The average Bonchev–Trinajstić information content (AvgIpc) is 3.45. The molecule has 0 aliphatic heterocycles. The number of carbonyl (C=O) groups excluding carboxylic acids is 4. The van der Waals surface area contributed by atoms with E-state index in [2.05, 4.69) is 16.0 Å². The molecule has 4 aromatic heterocycles. The minimum atomic E-state index is 0.250. The zero-order chi connectivity index (χ0) is 21.3. The van der Waals surface area contributed by atoms with Crippen LogP contribution in [0.2, 0.25) is 0 Å². The lowest BCUT2D eigenvalue weighted by Crippen LogP contribution is -1.79. The fourth-order valence-electron chi connectivity index (χ4n) is 2.10. The molecule has 0 aliphatic rings. The van der Waals surface area contributed by atoms with E-state index < -0.39 is 0 Å². The molecule has 0 N–H and O–H groups in total.